The first-order chi connectivity index (χ1) is 8.02. The second-order valence-corrected chi connectivity index (χ2v) is 4.53. The highest BCUT2D eigenvalue weighted by Crippen LogP contribution is 2.36. The predicted molar refractivity (Wildman–Crippen MR) is 62.8 cm³/mol. The Morgan fingerprint density at radius 3 is 2.71 bits per heavy atom. The zero-order valence-electron chi connectivity index (χ0n) is 10.1. The maximum atomic E-state index is 13.3. The zero-order chi connectivity index (χ0) is 12.5. The van der Waals surface area contributed by atoms with E-state index in [-0.39, 0.29) is 11.5 Å². The van der Waals surface area contributed by atoms with E-state index in [1.165, 1.54) is 6.07 Å². The third kappa shape index (κ3) is 2.57. The molecule has 1 aliphatic heterocycles. The third-order valence-corrected chi connectivity index (χ3v) is 3.24. The molecule has 17 heavy (non-hydrogen) atoms. The first kappa shape index (κ1) is 12.3. The minimum atomic E-state index is -2.80. The van der Waals surface area contributed by atoms with Gasteiger partial charge in [0, 0.05) is 24.9 Å². The smallest absolute Gasteiger partial charge is 0.270 e. The highest BCUT2D eigenvalue weighted by atomic mass is 19.3. The molecule has 0 aliphatic carbocycles. The van der Waals surface area contributed by atoms with Gasteiger partial charge in [-0.05, 0) is 36.7 Å². The summed E-state index contributed by atoms with van der Waals surface area (Å²) in [5.74, 6) is -1.83. The van der Waals surface area contributed by atoms with Crippen molar-refractivity contribution in [3.8, 4) is 5.75 Å². The summed E-state index contributed by atoms with van der Waals surface area (Å²) in [6, 6.07) is 4.65. The summed E-state index contributed by atoms with van der Waals surface area (Å²) in [6.45, 7) is 2.68. The molecule has 1 fully saturated rings. The van der Waals surface area contributed by atoms with Crippen LogP contribution in [0.1, 0.15) is 30.4 Å². The van der Waals surface area contributed by atoms with Crippen LogP contribution >= 0.6 is 0 Å². The standard InChI is InChI=1S/C13H17F2NO/c1-13(14,15)10-3-4-12(17-2)11(7-10)9-5-6-16-8-9/h3-4,7,9,16H,5-6,8H2,1-2H3. The SMILES string of the molecule is COc1ccc(C(C)(F)F)cc1C1CCNC1. The van der Waals surface area contributed by atoms with E-state index in [2.05, 4.69) is 5.32 Å². The van der Waals surface area contributed by atoms with Gasteiger partial charge in [-0.3, -0.25) is 0 Å². The molecule has 0 amide bonds. The molecule has 2 nitrogen and oxygen atoms in total. The average molecular weight is 241 g/mol. The fourth-order valence-corrected chi connectivity index (χ4v) is 2.25. The van der Waals surface area contributed by atoms with E-state index in [0.717, 1.165) is 32.0 Å². The average Bonchev–Trinajstić information content (AvgIpc) is 2.80. The summed E-state index contributed by atoms with van der Waals surface area (Å²) in [7, 11) is 1.57. The van der Waals surface area contributed by atoms with E-state index in [1.807, 2.05) is 0 Å². The molecule has 4 heteroatoms. The van der Waals surface area contributed by atoms with Crippen molar-refractivity contribution in [3.05, 3.63) is 29.3 Å². The Balaban J connectivity index is 2.39. The van der Waals surface area contributed by atoms with E-state index in [4.69, 9.17) is 4.74 Å². The van der Waals surface area contributed by atoms with Crippen LogP contribution < -0.4 is 10.1 Å². The van der Waals surface area contributed by atoms with Crippen molar-refractivity contribution in [3.63, 3.8) is 0 Å². The molecule has 2 rings (SSSR count). The van der Waals surface area contributed by atoms with Crippen LogP contribution in [0.2, 0.25) is 0 Å². The molecule has 0 radical (unpaired) electrons. The Hall–Kier alpha value is -1.16. The molecule has 94 valence electrons. The maximum Gasteiger partial charge on any atom is 0.270 e. The molecule has 0 bridgehead atoms. The molecule has 1 unspecified atom stereocenters. The van der Waals surface area contributed by atoms with Gasteiger partial charge in [0.15, 0.2) is 0 Å². The minimum Gasteiger partial charge on any atom is -0.496 e. The Kier molecular flexibility index (Phi) is 3.33. The van der Waals surface area contributed by atoms with Crippen molar-refractivity contribution in [1.29, 1.82) is 0 Å². The summed E-state index contributed by atoms with van der Waals surface area (Å²) in [6.07, 6.45) is 0.967. The number of alkyl halides is 2. The van der Waals surface area contributed by atoms with Crippen molar-refractivity contribution in [2.24, 2.45) is 0 Å². The van der Waals surface area contributed by atoms with Gasteiger partial charge in [-0.25, -0.2) is 8.78 Å². The van der Waals surface area contributed by atoms with E-state index in [0.29, 0.717) is 5.75 Å². The molecule has 1 saturated heterocycles. The Morgan fingerprint density at radius 2 is 2.18 bits per heavy atom. The largest absolute Gasteiger partial charge is 0.496 e. The number of nitrogens with one attached hydrogen (secondary N) is 1. The first-order valence-electron chi connectivity index (χ1n) is 5.79. The number of ether oxygens (including phenoxy) is 1. The number of rotatable bonds is 3. The minimum absolute atomic E-state index is 0.0557. The fraction of sp³-hybridized carbons (Fsp3) is 0.538. The lowest BCUT2D eigenvalue weighted by molar-refractivity contribution is 0.0173. The van der Waals surface area contributed by atoms with E-state index >= 15 is 0 Å². The van der Waals surface area contributed by atoms with Gasteiger partial charge in [0.25, 0.3) is 5.92 Å². The monoisotopic (exact) mass is 241 g/mol. The molecule has 1 N–H and O–H groups in total. The van der Waals surface area contributed by atoms with Crippen LogP contribution in [0.15, 0.2) is 18.2 Å². The lowest BCUT2D eigenvalue weighted by Gasteiger charge is -2.18. The highest BCUT2D eigenvalue weighted by molar-refractivity contribution is 5.41. The second kappa shape index (κ2) is 4.61. The van der Waals surface area contributed by atoms with Crippen molar-refractivity contribution < 1.29 is 13.5 Å². The van der Waals surface area contributed by atoms with Gasteiger partial charge in [-0.2, -0.15) is 0 Å². The molecule has 1 aliphatic rings. The van der Waals surface area contributed by atoms with Gasteiger partial charge >= 0.3 is 0 Å². The summed E-state index contributed by atoms with van der Waals surface area (Å²) >= 11 is 0. The zero-order valence-corrected chi connectivity index (χ0v) is 10.1. The molecular weight excluding hydrogens is 224 g/mol. The van der Waals surface area contributed by atoms with Crippen LogP contribution in [0, 0.1) is 0 Å². The molecule has 1 heterocycles. The third-order valence-electron chi connectivity index (χ3n) is 3.24. The molecule has 1 aromatic carbocycles. The van der Waals surface area contributed by atoms with Gasteiger partial charge in [0.1, 0.15) is 5.75 Å². The van der Waals surface area contributed by atoms with Gasteiger partial charge in [0.2, 0.25) is 0 Å². The summed E-state index contributed by atoms with van der Waals surface area (Å²) in [5, 5.41) is 3.24. The molecule has 0 aromatic heterocycles. The van der Waals surface area contributed by atoms with Gasteiger partial charge in [0.05, 0.1) is 7.11 Å². The lowest BCUT2D eigenvalue weighted by Crippen LogP contribution is -2.11. The topological polar surface area (TPSA) is 21.3 Å². The number of methoxy groups -OCH3 is 1. The van der Waals surface area contributed by atoms with Crippen molar-refractivity contribution >= 4 is 0 Å². The summed E-state index contributed by atoms with van der Waals surface area (Å²) < 4.78 is 31.9. The van der Waals surface area contributed by atoms with Gasteiger partial charge in [-0.15, -0.1) is 0 Å². The molecule has 0 spiro atoms. The number of halogens is 2. The highest BCUT2D eigenvalue weighted by Gasteiger charge is 2.27. The number of benzene rings is 1. The molecule has 1 atom stereocenters. The quantitative estimate of drug-likeness (QED) is 0.878. The fourth-order valence-electron chi connectivity index (χ4n) is 2.25. The van der Waals surface area contributed by atoms with Gasteiger partial charge < -0.3 is 10.1 Å². The van der Waals surface area contributed by atoms with E-state index < -0.39 is 5.92 Å². The predicted octanol–water partition coefficient (Wildman–Crippen LogP) is 2.88. The van der Waals surface area contributed by atoms with Crippen LogP contribution in [0.25, 0.3) is 0 Å². The van der Waals surface area contributed by atoms with Crippen LogP contribution in [0.4, 0.5) is 8.78 Å². The van der Waals surface area contributed by atoms with Crippen LogP contribution in [0.5, 0.6) is 5.75 Å². The number of hydrogen-bond acceptors (Lipinski definition) is 2. The Morgan fingerprint density at radius 1 is 1.41 bits per heavy atom. The van der Waals surface area contributed by atoms with Crippen LogP contribution in [0.3, 0.4) is 0 Å². The second-order valence-electron chi connectivity index (χ2n) is 4.53. The Bertz CT molecular complexity index is 395. The number of hydrogen-bond donors (Lipinski definition) is 1. The van der Waals surface area contributed by atoms with Crippen molar-refractivity contribution in [2.45, 2.75) is 25.2 Å². The lowest BCUT2D eigenvalue weighted by atomic mass is 9.94. The van der Waals surface area contributed by atoms with Crippen molar-refractivity contribution in [1.82, 2.24) is 5.32 Å². The Labute approximate surface area is 100.0 Å². The van der Waals surface area contributed by atoms with E-state index in [1.54, 1.807) is 19.2 Å². The van der Waals surface area contributed by atoms with Crippen LogP contribution in [-0.2, 0) is 5.92 Å². The van der Waals surface area contributed by atoms with E-state index in [9.17, 15) is 8.78 Å². The molecule has 1 aromatic rings. The molecule has 0 saturated carbocycles. The van der Waals surface area contributed by atoms with Crippen molar-refractivity contribution in [2.75, 3.05) is 20.2 Å². The summed E-state index contributed by atoms with van der Waals surface area (Å²) in [4.78, 5) is 0. The molecular formula is C13H17F2NO. The normalized spacial score (nSPS) is 20.6. The first-order valence-corrected chi connectivity index (χ1v) is 5.79. The van der Waals surface area contributed by atoms with Crippen LogP contribution in [-0.4, -0.2) is 20.2 Å². The van der Waals surface area contributed by atoms with Gasteiger partial charge in [-0.1, -0.05) is 0 Å². The maximum absolute atomic E-state index is 13.3. The summed E-state index contributed by atoms with van der Waals surface area (Å²) in [5.41, 5.74) is 0.941.